The van der Waals surface area contributed by atoms with E-state index in [1.54, 1.807) is 17.0 Å². The average molecular weight is 332 g/mol. The Bertz CT molecular complexity index is 655. The van der Waals surface area contributed by atoms with E-state index in [-0.39, 0.29) is 29.2 Å². The fraction of sp³-hybridized carbons (Fsp3) is 0.529. The highest BCUT2D eigenvalue weighted by Crippen LogP contribution is 2.54. The predicted molar refractivity (Wildman–Crippen MR) is 86.5 cm³/mol. The fourth-order valence-corrected chi connectivity index (χ4v) is 3.28. The zero-order chi connectivity index (χ0) is 16.7. The van der Waals surface area contributed by atoms with Crippen LogP contribution in [0.5, 0.6) is 0 Å². The van der Waals surface area contributed by atoms with E-state index in [0.29, 0.717) is 18.7 Å². The molecule has 4 rings (SSSR count). The zero-order valence-electron chi connectivity index (χ0n) is 13.3. The van der Waals surface area contributed by atoms with E-state index in [9.17, 15) is 14.0 Å². The summed E-state index contributed by atoms with van der Waals surface area (Å²) in [6.45, 7) is 0.653. The molecular weight excluding hydrogens is 311 g/mol. The van der Waals surface area contributed by atoms with Crippen molar-refractivity contribution in [1.29, 1.82) is 0 Å². The summed E-state index contributed by atoms with van der Waals surface area (Å²) in [5.41, 5.74) is 6.16. The molecule has 1 atom stereocenters. The van der Waals surface area contributed by atoms with Gasteiger partial charge in [0.2, 0.25) is 0 Å². The number of amides is 3. The van der Waals surface area contributed by atoms with E-state index in [4.69, 9.17) is 0 Å². The van der Waals surface area contributed by atoms with Crippen LogP contribution in [-0.4, -0.2) is 35.5 Å². The Labute approximate surface area is 139 Å². The summed E-state index contributed by atoms with van der Waals surface area (Å²) in [5.74, 6) is -0.560. The molecule has 2 saturated carbocycles. The normalized spacial score (nSPS) is 23.9. The molecule has 1 aliphatic heterocycles. The summed E-state index contributed by atoms with van der Waals surface area (Å²) in [6, 6.07) is 5.41. The molecule has 1 spiro atoms. The smallest absolute Gasteiger partial charge is 0.318 e. The number of carbonyl (C=O) groups is 2. The molecule has 6 nitrogen and oxygen atoms in total. The lowest BCUT2D eigenvalue weighted by atomic mass is 10.0. The number of hydrogen-bond acceptors (Lipinski definition) is 3. The van der Waals surface area contributed by atoms with Crippen molar-refractivity contribution in [2.24, 2.45) is 5.41 Å². The number of halogens is 1. The highest BCUT2D eigenvalue weighted by molar-refractivity contribution is 5.88. The highest BCUT2D eigenvalue weighted by Gasteiger charge is 2.55. The highest BCUT2D eigenvalue weighted by atomic mass is 19.1. The number of rotatable bonds is 4. The van der Waals surface area contributed by atoms with Crippen LogP contribution in [0.2, 0.25) is 0 Å². The lowest BCUT2D eigenvalue weighted by Crippen LogP contribution is -2.51. The van der Waals surface area contributed by atoms with Gasteiger partial charge >= 0.3 is 6.03 Å². The zero-order valence-corrected chi connectivity index (χ0v) is 13.3. The molecule has 0 bridgehead atoms. The molecule has 0 radical (unpaired) electrons. The number of nitrogens with zero attached hydrogens (tertiary/aromatic N) is 1. The molecule has 3 aliphatic rings. The van der Waals surface area contributed by atoms with Crippen LogP contribution in [0.15, 0.2) is 24.3 Å². The number of urea groups is 1. The summed E-state index contributed by atoms with van der Waals surface area (Å²) < 4.78 is 12.9. The minimum Gasteiger partial charge on any atom is -0.335 e. The molecule has 3 N–H and O–H groups in total. The van der Waals surface area contributed by atoms with Gasteiger partial charge < -0.3 is 10.2 Å². The van der Waals surface area contributed by atoms with Crippen LogP contribution in [0, 0.1) is 11.2 Å². The van der Waals surface area contributed by atoms with Gasteiger partial charge in [-0.25, -0.2) is 9.18 Å². The lowest BCUT2D eigenvalue weighted by molar-refractivity contribution is -0.124. The van der Waals surface area contributed by atoms with E-state index >= 15 is 0 Å². The SMILES string of the molecule is O=C(NNc1ccc(F)cc1)C1CC2(CC2)CN1C(=O)NC1CC1. The van der Waals surface area contributed by atoms with E-state index in [1.807, 2.05) is 0 Å². The van der Waals surface area contributed by atoms with Crippen LogP contribution >= 0.6 is 0 Å². The maximum Gasteiger partial charge on any atom is 0.318 e. The van der Waals surface area contributed by atoms with Crippen LogP contribution < -0.4 is 16.2 Å². The van der Waals surface area contributed by atoms with Crippen molar-refractivity contribution >= 4 is 17.6 Å². The molecule has 0 aromatic heterocycles. The van der Waals surface area contributed by atoms with Crippen LogP contribution in [-0.2, 0) is 4.79 Å². The first-order valence-electron chi connectivity index (χ1n) is 8.43. The van der Waals surface area contributed by atoms with Crippen molar-refractivity contribution in [3.8, 4) is 0 Å². The van der Waals surface area contributed by atoms with Gasteiger partial charge in [0.15, 0.2) is 0 Å². The van der Waals surface area contributed by atoms with Gasteiger partial charge in [0.1, 0.15) is 11.9 Å². The number of likely N-dealkylation sites (tertiary alicyclic amines) is 1. The predicted octanol–water partition coefficient (Wildman–Crippen LogP) is 2.00. The summed E-state index contributed by atoms with van der Waals surface area (Å²) in [6.07, 6.45) is 4.91. The summed E-state index contributed by atoms with van der Waals surface area (Å²) >= 11 is 0. The summed E-state index contributed by atoms with van der Waals surface area (Å²) in [5, 5.41) is 2.97. The number of nitrogens with one attached hydrogen (secondary N) is 3. The third-order valence-electron chi connectivity index (χ3n) is 5.11. The minimum atomic E-state index is -0.459. The molecule has 1 aromatic carbocycles. The standard InChI is InChI=1S/C17H21FN4O2/c18-11-1-3-13(4-2-11)20-21-15(23)14-9-17(7-8-17)10-22(14)16(24)19-12-5-6-12/h1-4,12,14,20H,5-10H2,(H,19,24)(H,21,23). The van der Waals surface area contributed by atoms with Gasteiger partial charge in [-0.05, 0) is 61.8 Å². The molecule has 2 aliphatic carbocycles. The monoisotopic (exact) mass is 332 g/mol. The molecule has 1 unspecified atom stereocenters. The van der Waals surface area contributed by atoms with E-state index in [0.717, 1.165) is 25.7 Å². The van der Waals surface area contributed by atoms with E-state index < -0.39 is 6.04 Å². The lowest BCUT2D eigenvalue weighted by Gasteiger charge is -2.24. The van der Waals surface area contributed by atoms with Crippen molar-refractivity contribution in [2.45, 2.75) is 44.2 Å². The van der Waals surface area contributed by atoms with Crippen molar-refractivity contribution in [2.75, 3.05) is 12.0 Å². The van der Waals surface area contributed by atoms with Gasteiger partial charge in [-0.15, -0.1) is 0 Å². The minimum absolute atomic E-state index is 0.136. The number of benzene rings is 1. The molecular formula is C17H21FN4O2. The number of carbonyl (C=O) groups excluding carboxylic acids is 2. The first-order chi connectivity index (χ1) is 11.5. The summed E-state index contributed by atoms with van der Waals surface area (Å²) in [7, 11) is 0. The second-order valence-corrected chi connectivity index (χ2v) is 7.19. The average Bonchev–Trinajstić information content (AvgIpc) is 3.46. The van der Waals surface area contributed by atoms with Crippen molar-refractivity contribution in [3.63, 3.8) is 0 Å². The molecule has 3 amide bonds. The van der Waals surface area contributed by atoms with Crippen molar-refractivity contribution < 1.29 is 14.0 Å². The molecule has 1 saturated heterocycles. The van der Waals surface area contributed by atoms with Gasteiger partial charge in [0, 0.05) is 12.6 Å². The van der Waals surface area contributed by atoms with Gasteiger partial charge in [-0.3, -0.25) is 15.6 Å². The molecule has 7 heteroatoms. The number of anilines is 1. The van der Waals surface area contributed by atoms with Crippen LogP contribution in [0.25, 0.3) is 0 Å². The second kappa shape index (κ2) is 5.65. The van der Waals surface area contributed by atoms with Crippen LogP contribution in [0.4, 0.5) is 14.9 Å². The number of hydrogen-bond donors (Lipinski definition) is 3. The first kappa shape index (κ1) is 15.2. The van der Waals surface area contributed by atoms with Crippen LogP contribution in [0.3, 0.4) is 0 Å². The van der Waals surface area contributed by atoms with Gasteiger partial charge in [-0.2, -0.15) is 0 Å². The van der Waals surface area contributed by atoms with E-state index in [1.165, 1.54) is 12.1 Å². The molecule has 1 aromatic rings. The van der Waals surface area contributed by atoms with Crippen molar-refractivity contribution in [3.05, 3.63) is 30.1 Å². The number of hydrazine groups is 1. The third kappa shape index (κ3) is 3.16. The molecule has 128 valence electrons. The largest absolute Gasteiger partial charge is 0.335 e. The maximum atomic E-state index is 12.9. The Morgan fingerprint density at radius 3 is 2.50 bits per heavy atom. The molecule has 3 fully saturated rings. The van der Waals surface area contributed by atoms with Gasteiger partial charge in [0.05, 0.1) is 5.69 Å². The van der Waals surface area contributed by atoms with Gasteiger partial charge in [0.25, 0.3) is 5.91 Å². The second-order valence-electron chi connectivity index (χ2n) is 7.19. The van der Waals surface area contributed by atoms with Gasteiger partial charge in [-0.1, -0.05) is 0 Å². The maximum absolute atomic E-state index is 12.9. The third-order valence-corrected chi connectivity index (χ3v) is 5.11. The Balaban J connectivity index is 1.39. The van der Waals surface area contributed by atoms with E-state index in [2.05, 4.69) is 16.2 Å². The van der Waals surface area contributed by atoms with Crippen molar-refractivity contribution in [1.82, 2.24) is 15.6 Å². The summed E-state index contributed by atoms with van der Waals surface area (Å²) in [4.78, 5) is 26.6. The quantitative estimate of drug-likeness (QED) is 0.738. The molecule has 1 heterocycles. The Morgan fingerprint density at radius 1 is 1.17 bits per heavy atom. The van der Waals surface area contributed by atoms with Crippen LogP contribution in [0.1, 0.15) is 32.1 Å². The Kier molecular flexibility index (Phi) is 3.58. The topological polar surface area (TPSA) is 73.5 Å². The Hall–Kier alpha value is -2.31. The fourth-order valence-electron chi connectivity index (χ4n) is 3.28. The molecule has 24 heavy (non-hydrogen) atoms. The first-order valence-corrected chi connectivity index (χ1v) is 8.43. The Morgan fingerprint density at radius 2 is 1.88 bits per heavy atom.